The quantitative estimate of drug-likeness (QED) is 0.756. The predicted molar refractivity (Wildman–Crippen MR) is 80.0 cm³/mol. The summed E-state index contributed by atoms with van der Waals surface area (Å²) in [7, 11) is 0. The molecule has 1 saturated heterocycles. The molecule has 0 radical (unpaired) electrons. The zero-order valence-electron chi connectivity index (χ0n) is 12.8. The molecule has 0 aromatic heterocycles. The first-order valence-corrected chi connectivity index (χ1v) is 7.22. The molecule has 1 heterocycles. The Morgan fingerprint density at radius 2 is 1.95 bits per heavy atom. The molecular weight excluding hydrogens is 254 g/mol. The largest absolute Gasteiger partial charge is 0.352 e. The summed E-state index contributed by atoms with van der Waals surface area (Å²) in [6.45, 7) is 10.7. The van der Waals surface area contributed by atoms with Gasteiger partial charge < -0.3 is 16.0 Å². The van der Waals surface area contributed by atoms with Gasteiger partial charge >= 0.3 is 0 Å². The van der Waals surface area contributed by atoms with Gasteiger partial charge in [0.2, 0.25) is 11.8 Å². The van der Waals surface area contributed by atoms with Gasteiger partial charge in [-0.25, -0.2) is 0 Å². The van der Waals surface area contributed by atoms with Crippen molar-refractivity contribution in [3.63, 3.8) is 0 Å². The van der Waals surface area contributed by atoms with Gasteiger partial charge in [-0.3, -0.25) is 9.59 Å². The molecule has 20 heavy (non-hydrogen) atoms. The summed E-state index contributed by atoms with van der Waals surface area (Å²) in [6.07, 6.45) is 3.70. The Labute approximate surface area is 121 Å². The van der Waals surface area contributed by atoms with E-state index in [-0.39, 0.29) is 23.3 Å². The predicted octanol–water partition coefficient (Wildman–Crippen LogP) is 1.04. The minimum atomic E-state index is -0.526. The maximum atomic E-state index is 12.1. The van der Waals surface area contributed by atoms with Crippen molar-refractivity contribution in [1.29, 1.82) is 0 Å². The number of hydrogen-bond acceptors (Lipinski definition) is 3. The molecule has 0 aromatic carbocycles. The highest BCUT2D eigenvalue weighted by molar-refractivity contribution is 5.82. The van der Waals surface area contributed by atoms with Gasteiger partial charge in [0.05, 0.1) is 6.04 Å². The fourth-order valence-electron chi connectivity index (χ4n) is 2.30. The summed E-state index contributed by atoms with van der Waals surface area (Å²) >= 11 is 0. The number of amides is 2. The molecule has 114 valence electrons. The number of nitrogens with two attached hydrogens (primary N) is 1. The van der Waals surface area contributed by atoms with Crippen molar-refractivity contribution in [3.8, 4) is 0 Å². The van der Waals surface area contributed by atoms with Crippen molar-refractivity contribution in [1.82, 2.24) is 10.2 Å². The summed E-state index contributed by atoms with van der Waals surface area (Å²) in [5, 5.41) is 2.95. The maximum absolute atomic E-state index is 12.1. The number of nitrogens with one attached hydrogen (secondary N) is 1. The van der Waals surface area contributed by atoms with Gasteiger partial charge in [-0.2, -0.15) is 0 Å². The SMILES string of the molecule is C=CCC(N)C(=O)NC1CCN(C(=O)C(C)(C)C)CC1. The normalized spacial score (nSPS) is 18.5. The van der Waals surface area contributed by atoms with Gasteiger partial charge in [0.15, 0.2) is 0 Å². The summed E-state index contributed by atoms with van der Waals surface area (Å²) < 4.78 is 0. The van der Waals surface area contributed by atoms with Crippen molar-refractivity contribution in [2.45, 2.75) is 52.1 Å². The minimum Gasteiger partial charge on any atom is -0.352 e. The number of hydrogen-bond donors (Lipinski definition) is 2. The number of nitrogens with zero attached hydrogens (tertiary/aromatic N) is 1. The Hall–Kier alpha value is -1.36. The highest BCUT2D eigenvalue weighted by Crippen LogP contribution is 2.21. The molecule has 1 unspecified atom stereocenters. The Bertz CT molecular complexity index is 366. The van der Waals surface area contributed by atoms with E-state index in [1.54, 1.807) is 6.08 Å². The van der Waals surface area contributed by atoms with Crippen LogP contribution in [-0.4, -0.2) is 41.9 Å². The summed E-state index contributed by atoms with van der Waals surface area (Å²) in [5.74, 6) is 0.0381. The lowest BCUT2D eigenvalue weighted by atomic mass is 9.93. The number of carbonyl (C=O) groups excluding carboxylic acids is 2. The van der Waals surface area contributed by atoms with E-state index in [2.05, 4.69) is 11.9 Å². The van der Waals surface area contributed by atoms with E-state index in [1.165, 1.54) is 0 Å². The van der Waals surface area contributed by atoms with E-state index in [9.17, 15) is 9.59 Å². The Morgan fingerprint density at radius 3 is 2.40 bits per heavy atom. The number of rotatable bonds is 4. The molecule has 2 amide bonds. The minimum absolute atomic E-state index is 0.113. The molecule has 0 spiro atoms. The molecular formula is C15H27N3O2. The van der Waals surface area contributed by atoms with Gasteiger partial charge in [-0.1, -0.05) is 26.8 Å². The van der Waals surface area contributed by atoms with Crippen molar-refractivity contribution in [3.05, 3.63) is 12.7 Å². The third-order valence-electron chi connectivity index (χ3n) is 3.53. The summed E-state index contributed by atoms with van der Waals surface area (Å²) in [5.41, 5.74) is 5.38. The number of piperidine rings is 1. The van der Waals surface area contributed by atoms with Crippen LogP contribution in [0, 0.1) is 5.41 Å². The van der Waals surface area contributed by atoms with Gasteiger partial charge in [0, 0.05) is 24.5 Å². The Kier molecular flexibility index (Phi) is 5.74. The van der Waals surface area contributed by atoms with Crippen LogP contribution in [0.3, 0.4) is 0 Å². The van der Waals surface area contributed by atoms with Crippen LogP contribution >= 0.6 is 0 Å². The van der Waals surface area contributed by atoms with E-state index >= 15 is 0 Å². The molecule has 1 atom stereocenters. The van der Waals surface area contributed by atoms with Crippen molar-refractivity contribution < 1.29 is 9.59 Å². The zero-order valence-corrected chi connectivity index (χ0v) is 12.8. The molecule has 5 nitrogen and oxygen atoms in total. The van der Waals surface area contributed by atoms with Gasteiger partial charge in [0.25, 0.3) is 0 Å². The second-order valence-corrected chi connectivity index (χ2v) is 6.46. The third-order valence-corrected chi connectivity index (χ3v) is 3.53. The Morgan fingerprint density at radius 1 is 1.40 bits per heavy atom. The number of carbonyl (C=O) groups is 2. The first-order chi connectivity index (χ1) is 9.25. The highest BCUT2D eigenvalue weighted by atomic mass is 16.2. The fraction of sp³-hybridized carbons (Fsp3) is 0.733. The lowest BCUT2D eigenvalue weighted by molar-refractivity contribution is -0.140. The van der Waals surface area contributed by atoms with Crippen molar-refractivity contribution >= 4 is 11.8 Å². The Balaban J connectivity index is 2.41. The fourth-order valence-corrected chi connectivity index (χ4v) is 2.30. The smallest absolute Gasteiger partial charge is 0.237 e. The van der Waals surface area contributed by atoms with Crippen LogP contribution in [0.2, 0.25) is 0 Å². The molecule has 0 bridgehead atoms. The third kappa shape index (κ3) is 4.63. The van der Waals surface area contributed by atoms with Gasteiger partial charge in [-0.15, -0.1) is 6.58 Å². The van der Waals surface area contributed by atoms with Crippen LogP contribution in [0.4, 0.5) is 0 Å². The van der Waals surface area contributed by atoms with Crippen LogP contribution in [0.1, 0.15) is 40.0 Å². The molecule has 1 fully saturated rings. The van der Waals surface area contributed by atoms with E-state index in [0.717, 1.165) is 12.8 Å². The average Bonchev–Trinajstić information content (AvgIpc) is 2.38. The van der Waals surface area contributed by atoms with Crippen LogP contribution < -0.4 is 11.1 Å². The maximum Gasteiger partial charge on any atom is 0.237 e. The van der Waals surface area contributed by atoms with Crippen molar-refractivity contribution in [2.75, 3.05) is 13.1 Å². The van der Waals surface area contributed by atoms with Crippen molar-refractivity contribution in [2.24, 2.45) is 11.1 Å². The van der Waals surface area contributed by atoms with Crippen LogP contribution in [0.15, 0.2) is 12.7 Å². The highest BCUT2D eigenvalue weighted by Gasteiger charge is 2.30. The van der Waals surface area contributed by atoms with Gasteiger partial charge in [0.1, 0.15) is 0 Å². The first-order valence-electron chi connectivity index (χ1n) is 7.22. The van der Waals surface area contributed by atoms with E-state index in [1.807, 2.05) is 25.7 Å². The first kappa shape index (κ1) is 16.7. The van der Waals surface area contributed by atoms with E-state index in [4.69, 9.17) is 5.73 Å². The lowest BCUT2D eigenvalue weighted by Crippen LogP contribution is -2.51. The topological polar surface area (TPSA) is 75.4 Å². The van der Waals surface area contributed by atoms with Crippen LogP contribution in [0.25, 0.3) is 0 Å². The van der Waals surface area contributed by atoms with Gasteiger partial charge in [-0.05, 0) is 19.3 Å². The molecule has 1 rings (SSSR count). The molecule has 1 aliphatic heterocycles. The van der Waals surface area contributed by atoms with E-state index < -0.39 is 6.04 Å². The average molecular weight is 281 g/mol. The molecule has 0 saturated carbocycles. The van der Waals surface area contributed by atoms with Crippen LogP contribution in [-0.2, 0) is 9.59 Å². The summed E-state index contributed by atoms with van der Waals surface area (Å²) in [6, 6.07) is -0.413. The molecule has 1 aliphatic rings. The second-order valence-electron chi connectivity index (χ2n) is 6.46. The monoisotopic (exact) mass is 281 g/mol. The molecule has 0 aromatic rings. The number of likely N-dealkylation sites (tertiary alicyclic amines) is 1. The second kappa shape index (κ2) is 6.88. The molecule has 3 N–H and O–H groups in total. The van der Waals surface area contributed by atoms with Crippen LogP contribution in [0.5, 0.6) is 0 Å². The van der Waals surface area contributed by atoms with E-state index in [0.29, 0.717) is 19.5 Å². The molecule has 0 aliphatic carbocycles. The molecule has 5 heteroatoms. The standard InChI is InChI=1S/C15H27N3O2/c1-5-6-12(16)13(19)17-11-7-9-18(10-8-11)14(20)15(2,3)4/h5,11-12H,1,6-10,16H2,2-4H3,(H,17,19). The summed E-state index contributed by atoms with van der Waals surface area (Å²) in [4.78, 5) is 25.8. The zero-order chi connectivity index (χ0) is 15.3. The lowest BCUT2D eigenvalue weighted by Gasteiger charge is -2.36.